The highest BCUT2D eigenvalue weighted by molar-refractivity contribution is 5.77. The number of likely N-dealkylation sites (N-methyl/N-ethyl adjacent to an activating group) is 1. The Balaban J connectivity index is 2.61. The van der Waals surface area contributed by atoms with E-state index in [4.69, 9.17) is 10.8 Å². The Morgan fingerprint density at radius 1 is 1.33 bits per heavy atom. The Morgan fingerprint density at radius 2 is 1.89 bits per heavy atom. The monoisotopic (exact) mass is 250 g/mol. The van der Waals surface area contributed by atoms with Gasteiger partial charge in [0.15, 0.2) is 0 Å². The summed E-state index contributed by atoms with van der Waals surface area (Å²) in [6, 6.07) is 7.44. The second-order valence-corrected chi connectivity index (χ2v) is 4.81. The average molecular weight is 250 g/mol. The summed E-state index contributed by atoms with van der Waals surface area (Å²) in [5, 5.41) is 9.03. The molecular formula is C14H22N2O2. The van der Waals surface area contributed by atoms with Gasteiger partial charge in [0.05, 0.1) is 12.6 Å². The third-order valence-corrected chi connectivity index (χ3v) is 3.31. The highest BCUT2D eigenvalue weighted by Gasteiger charge is 2.18. The number of amides is 1. The molecule has 0 aliphatic rings. The molecule has 1 rings (SSSR count). The third kappa shape index (κ3) is 3.74. The largest absolute Gasteiger partial charge is 0.399 e. The molecule has 1 aromatic rings. The molecule has 3 N–H and O–H groups in total. The van der Waals surface area contributed by atoms with E-state index in [2.05, 4.69) is 0 Å². The first-order valence-electron chi connectivity index (χ1n) is 6.17. The molecule has 1 amide bonds. The zero-order valence-corrected chi connectivity index (χ0v) is 11.3. The minimum Gasteiger partial charge on any atom is -0.399 e. The molecule has 4 heteroatoms. The van der Waals surface area contributed by atoms with Gasteiger partial charge in [-0.1, -0.05) is 19.1 Å². The standard InChI is InChI=1S/C14H22N2O2/c1-10(12-4-6-13(15)7-5-12)8-14(18)16(3)11(2)9-17/h4-7,10-11,17H,8-9,15H2,1-3H3. The van der Waals surface area contributed by atoms with Crippen molar-refractivity contribution in [1.29, 1.82) is 0 Å². The van der Waals surface area contributed by atoms with Crippen molar-refractivity contribution in [2.75, 3.05) is 19.4 Å². The number of carbonyl (C=O) groups is 1. The maximum atomic E-state index is 12.0. The normalized spacial score (nSPS) is 14.0. The van der Waals surface area contributed by atoms with Gasteiger partial charge in [0.2, 0.25) is 5.91 Å². The molecule has 0 aromatic heterocycles. The van der Waals surface area contributed by atoms with Gasteiger partial charge in [-0.2, -0.15) is 0 Å². The fraction of sp³-hybridized carbons (Fsp3) is 0.500. The second-order valence-electron chi connectivity index (χ2n) is 4.81. The fourth-order valence-corrected chi connectivity index (χ4v) is 1.72. The maximum Gasteiger partial charge on any atom is 0.223 e. The topological polar surface area (TPSA) is 66.6 Å². The average Bonchev–Trinajstić information content (AvgIpc) is 2.37. The lowest BCUT2D eigenvalue weighted by Crippen LogP contribution is -2.37. The van der Waals surface area contributed by atoms with Crippen molar-refractivity contribution in [3.8, 4) is 0 Å². The number of aliphatic hydroxyl groups excluding tert-OH is 1. The van der Waals surface area contributed by atoms with Crippen LogP contribution in [0.4, 0.5) is 5.69 Å². The Morgan fingerprint density at radius 3 is 2.39 bits per heavy atom. The van der Waals surface area contributed by atoms with E-state index in [1.807, 2.05) is 38.1 Å². The zero-order valence-electron chi connectivity index (χ0n) is 11.3. The summed E-state index contributed by atoms with van der Waals surface area (Å²) in [4.78, 5) is 13.6. The molecule has 2 atom stereocenters. The van der Waals surface area contributed by atoms with Crippen molar-refractivity contribution in [1.82, 2.24) is 4.90 Å². The van der Waals surface area contributed by atoms with Gasteiger partial charge >= 0.3 is 0 Å². The van der Waals surface area contributed by atoms with Crippen LogP contribution in [0.25, 0.3) is 0 Å². The predicted octanol–water partition coefficient (Wildman–Crippen LogP) is 1.60. The van der Waals surface area contributed by atoms with E-state index >= 15 is 0 Å². The van der Waals surface area contributed by atoms with Gasteiger partial charge in [-0.25, -0.2) is 0 Å². The van der Waals surface area contributed by atoms with Crippen LogP contribution in [0.5, 0.6) is 0 Å². The summed E-state index contributed by atoms with van der Waals surface area (Å²) in [5.41, 5.74) is 7.46. The molecule has 0 saturated carbocycles. The molecule has 2 unspecified atom stereocenters. The highest BCUT2D eigenvalue weighted by Crippen LogP contribution is 2.21. The van der Waals surface area contributed by atoms with Gasteiger partial charge in [0.25, 0.3) is 0 Å². The van der Waals surface area contributed by atoms with Crippen molar-refractivity contribution in [3.05, 3.63) is 29.8 Å². The molecule has 0 bridgehead atoms. The molecule has 18 heavy (non-hydrogen) atoms. The lowest BCUT2D eigenvalue weighted by molar-refractivity contribution is -0.132. The van der Waals surface area contributed by atoms with Gasteiger partial charge < -0.3 is 15.7 Å². The Kier molecular flexibility index (Phi) is 5.16. The number of carbonyl (C=O) groups excluding carboxylic acids is 1. The van der Waals surface area contributed by atoms with Gasteiger partial charge in [-0.05, 0) is 30.5 Å². The number of anilines is 1. The van der Waals surface area contributed by atoms with Gasteiger partial charge in [0.1, 0.15) is 0 Å². The zero-order chi connectivity index (χ0) is 13.7. The van der Waals surface area contributed by atoms with Crippen LogP contribution in [0.3, 0.4) is 0 Å². The second kappa shape index (κ2) is 6.40. The summed E-state index contributed by atoms with van der Waals surface area (Å²) >= 11 is 0. The van der Waals surface area contributed by atoms with Gasteiger partial charge in [-0.15, -0.1) is 0 Å². The molecule has 0 fully saturated rings. The van der Waals surface area contributed by atoms with Crippen LogP contribution >= 0.6 is 0 Å². The van der Waals surface area contributed by atoms with E-state index in [0.717, 1.165) is 11.3 Å². The summed E-state index contributed by atoms with van der Waals surface area (Å²) in [5.74, 6) is 0.187. The van der Waals surface area contributed by atoms with Crippen LogP contribution in [0, 0.1) is 0 Å². The fourth-order valence-electron chi connectivity index (χ4n) is 1.72. The van der Waals surface area contributed by atoms with Gasteiger partial charge in [-0.3, -0.25) is 4.79 Å². The molecule has 1 aromatic carbocycles. The SMILES string of the molecule is CC(CC(=O)N(C)C(C)CO)c1ccc(N)cc1. The summed E-state index contributed by atoms with van der Waals surface area (Å²) in [7, 11) is 1.72. The van der Waals surface area contributed by atoms with Crippen molar-refractivity contribution >= 4 is 11.6 Å². The molecule has 0 heterocycles. The number of hydrogen-bond donors (Lipinski definition) is 2. The Bertz CT molecular complexity index is 389. The lowest BCUT2D eigenvalue weighted by Gasteiger charge is -2.24. The molecule has 100 valence electrons. The van der Waals surface area contributed by atoms with Crippen molar-refractivity contribution < 1.29 is 9.90 Å². The molecular weight excluding hydrogens is 228 g/mol. The van der Waals surface area contributed by atoms with Crippen LogP contribution in [0.15, 0.2) is 24.3 Å². The predicted molar refractivity (Wildman–Crippen MR) is 73.2 cm³/mol. The van der Waals surface area contributed by atoms with Crippen LogP contribution < -0.4 is 5.73 Å². The van der Waals surface area contributed by atoms with E-state index in [1.54, 1.807) is 11.9 Å². The quantitative estimate of drug-likeness (QED) is 0.780. The molecule has 0 radical (unpaired) electrons. The summed E-state index contributed by atoms with van der Waals surface area (Å²) in [6.07, 6.45) is 0.435. The molecule has 0 aliphatic heterocycles. The van der Waals surface area contributed by atoms with E-state index < -0.39 is 0 Å². The number of rotatable bonds is 5. The Labute approximate surface area is 108 Å². The van der Waals surface area contributed by atoms with Crippen LogP contribution in [0.1, 0.15) is 31.7 Å². The van der Waals surface area contributed by atoms with Crippen LogP contribution in [-0.4, -0.2) is 35.6 Å². The molecule has 4 nitrogen and oxygen atoms in total. The van der Waals surface area contributed by atoms with E-state index in [1.165, 1.54) is 0 Å². The first-order chi connectivity index (χ1) is 8.45. The number of hydrogen-bond acceptors (Lipinski definition) is 3. The number of benzene rings is 1. The first kappa shape index (κ1) is 14.5. The number of nitrogen functional groups attached to an aromatic ring is 1. The minimum atomic E-state index is -0.142. The van der Waals surface area contributed by atoms with Crippen molar-refractivity contribution in [3.63, 3.8) is 0 Å². The highest BCUT2D eigenvalue weighted by atomic mass is 16.3. The maximum absolute atomic E-state index is 12.0. The minimum absolute atomic E-state index is 0.0154. The number of nitrogens with zero attached hydrogens (tertiary/aromatic N) is 1. The van der Waals surface area contributed by atoms with Crippen molar-refractivity contribution in [2.24, 2.45) is 0 Å². The molecule has 0 spiro atoms. The van der Waals surface area contributed by atoms with Crippen LogP contribution in [-0.2, 0) is 4.79 Å². The van der Waals surface area contributed by atoms with Crippen molar-refractivity contribution in [2.45, 2.75) is 32.2 Å². The summed E-state index contributed by atoms with van der Waals surface area (Å²) in [6.45, 7) is 3.82. The first-order valence-corrected chi connectivity index (χ1v) is 6.17. The molecule has 0 aliphatic carbocycles. The van der Waals surface area contributed by atoms with Gasteiger partial charge in [0, 0.05) is 19.2 Å². The van der Waals surface area contributed by atoms with E-state index in [0.29, 0.717) is 6.42 Å². The van der Waals surface area contributed by atoms with E-state index in [9.17, 15) is 4.79 Å². The number of nitrogens with two attached hydrogens (primary N) is 1. The lowest BCUT2D eigenvalue weighted by atomic mass is 9.97. The molecule has 0 saturated heterocycles. The van der Waals surface area contributed by atoms with E-state index in [-0.39, 0.29) is 24.5 Å². The summed E-state index contributed by atoms with van der Waals surface area (Å²) < 4.78 is 0. The number of aliphatic hydroxyl groups is 1. The smallest absolute Gasteiger partial charge is 0.223 e. The Hall–Kier alpha value is -1.55. The third-order valence-electron chi connectivity index (χ3n) is 3.31. The van der Waals surface area contributed by atoms with Crippen LogP contribution in [0.2, 0.25) is 0 Å².